The number of ether oxygens (including phenoxy) is 3. The van der Waals surface area contributed by atoms with Gasteiger partial charge in [-0.25, -0.2) is 9.82 Å². The number of nitrogens with one attached hydrogen (secondary N) is 1. The molecule has 0 radical (unpaired) electrons. The topological polar surface area (TPSA) is 72.4 Å². The number of carbonyl (C=O) groups is 1. The molecule has 0 aliphatic carbocycles. The molecule has 8 heteroatoms. The summed E-state index contributed by atoms with van der Waals surface area (Å²) in [5.74, 6) is 0.226. The number of methoxy groups -OCH3 is 1. The normalized spacial score (nSPS) is 14.1. The van der Waals surface area contributed by atoms with Gasteiger partial charge in [-0.2, -0.15) is 5.10 Å². The molecular formula is C20H22FN3O4. The van der Waals surface area contributed by atoms with Crippen LogP contribution in [0.5, 0.6) is 11.5 Å². The van der Waals surface area contributed by atoms with Crippen molar-refractivity contribution in [3.8, 4) is 11.5 Å². The molecule has 1 heterocycles. The van der Waals surface area contributed by atoms with Crippen LogP contribution in [0.4, 0.5) is 10.1 Å². The highest BCUT2D eigenvalue weighted by Gasteiger charge is 2.15. The number of para-hydroxylation sites is 2. The summed E-state index contributed by atoms with van der Waals surface area (Å²) in [6.45, 7) is 2.28. The van der Waals surface area contributed by atoms with E-state index in [0.717, 1.165) is 0 Å². The predicted molar refractivity (Wildman–Crippen MR) is 104 cm³/mol. The number of amides is 1. The summed E-state index contributed by atoms with van der Waals surface area (Å²) in [5.41, 5.74) is 3.43. The highest BCUT2D eigenvalue weighted by Crippen LogP contribution is 2.25. The van der Waals surface area contributed by atoms with Gasteiger partial charge in [0.05, 0.1) is 32.2 Å². The molecule has 0 aromatic heterocycles. The van der Waals surface area contributed by atoms with Crippen LogP contribution in [0.2, 0.25) is 0 Å². The van der Waals surface area contributed by atoms with E-state index in [-0.39, 0.29) is 12.4 Å². The smallest absolute Gasteiger partial charge is 0.277 e. The zero-order valence-electron chi connectivity index (χ0n) is 15.6. The first-order valence-corrected chi connectivity index (χ1v) is 8.87. The number of anilines is 1. The van der Waals surface area contributed by atoms with Crippen LogP contribution in [-0.4, -0.2) is 52.1 Å². The Morgan fingerprint density at radius 3 is 2.71 bits per heavy atom. The van der Waals surface area contributed by atoms with Gasteiger partial charge in [0.1, 0.15) is 5.82 Å². The molecule has 1 aliphatic rings. The minimum atomic E-state index is -0.437. The number of morpholine rings is 1. The molecule has 1 aliphatic heterocycles. The Balaban J connectivity index is 1.51. The van der Waals surface area contributed by atoms with E-state index in [1.165, 1.54) is 19.4 Å². The van der Waals surface area contributed by atoms with Crippen LogP contribution in [-0.2, 0) is 9.53 Å². The molecule has 0 saturated carbocycles. The van der Waals surface area contributed by atoms with Gasteiger partial charge in [-0.05, 0) is 29.8 Å². The van der Waals surface area contributed by atoms with E-state index in [2.05, 4.69) is 10.5 Å². The van der Waals surface area contributed by atoms with Crippen LogP contribution < -0.4 is 19.8 Å². The maximum absolute atomic E-state index is 14.3. The summed E-state index contributed by atoms with van der Waals surface area (Å²) in [7, 11) is 1.52. The zero-order chi connectivity index (χ0) is 19.8. The fraction of sp³-hybridized carbons (Fsp3) is 0.300. The number of halogens is 1. The molecule has 148 valence electrons. The van der Waals surface area contributed by atoms with Crippen molar-refractivity contribution in [3.63, 3.8) is 0 Å². The first kappa shape index (κ1) is 19.6. The Kier molecular flexibility index (Phi) is 6.80. The largest absolute Gasteiger partial charge is 0.493 e. The molecule has 0 spiro atoms. The number of hydrogen-bond acceptors (Lipinski definition) is 6. The lowest BCUT2D eigenvalue weighted by atomic mass is 10.2. The van der Waals surface area contributed by atoms with E-state index in [4.69, 9.17) is 14.2 Å². The van der Waals surface area contributed by atoms with E-state index in [0.29, 0.717) is 49.1 Å². The molecule has 2 aromatic rings. The second-order valence-corrected chi connectivity index (χ2v) is 6.04. The molecule has 1 fully saturated rings. The van der Waals surface area contributed by atoms with Crippen LogP contribution in [0.1, 0.15) is 5.56 Å². The van der Waals surface area contributed by atoms with Gasteiger partial charge in [-0.1, -0.05) is 18.2 Å². The molecule has 0 atom stereocenters. The van der Waals surface area contributed by atoms with E-state index < -0.39 is 5.91 Å². The molecule has 1 saturated heterocycles. The highest BCUT2D eigenvalue weighted by molar-refractivity contribution is 5.83. The van der Waals surface area contributed by atoms with Gasteiger partial charge in [0.2, 0.25) is 0 Å². The monoisotopic (exact) mass is 387 g/mol. The maximum atomic E-state index is 14.3. The standard InChI is InChI=1S/C20H22FN3O4/c1-26-18-4-2-3-5-19(18)28-14-20(25)23-22-13-15-6-7-17(16(21)12-15)24-8-10-27-11-9-24/h2-7,12-13H,8-11,14H2,1H3,(H,23,25)/b22-13+. The van der Waals surface area contributed by atoms with Gasteiger partial charge in [-0.15, -0.1) is 0 Å². The van der Waals surface area contributed by atoms with Crippen LogP contribution in [0.25, 0.3) is 0 Å². The van der Waals surface area contributed by atoms with Crippen molar-refractivity contribution in [1.29, 1.82) is 0 Å². The Morgan fingerprint density at radius 2 is 2.00 bits per heavy atom. The molecule has 1 amide bonds. The Morgan fingerprint density at radius 1 is 1.25 bits per heavy atom. The quantitative estimate of drug-likeness (QED) is 0.583. The molecular weight excluding hydrogens is 365 g/mol. The van der Waals surface area contributed by atoms with Gasteiger partial charge < -0.3 is 19.1 Å². The Bertz CT molecular complexity index is 838. The van der Waals surface area contributed by atoms with Crippen molar-refractivity contribution < 1.29 is 23.4 Å². The van der Waals surface area contributed by atoms with Gasteiger partial charge in [0.25, 0.3) is 5.91 Å². The van der Waals surface area contributed by atoms with Crippen molar-refractivity contribution in [2.24, 2.45) is 5.10 Å². The first-order valence-electron chi connectivity index (χ1n) is 8.87. The van der Waals surface area contributed by atoms with Crippen molar-refractivity contribution in [2.45, 2.75) is 0 Å². The fourth-order valence-electron chi connectivity index (χ4n) is 2.76. The van der Waals surface area contributed by atoms with E-state index in [9.17, 15) is 9.18 Å². The number of benzene rings is 2. The molecule has 1 N–H and O–H groups in total. The molecule has 2 aromatic carbocycles. The van der Waals surface area contributed by atoms with Gasteiger partial charge in [0, 0.05) is 13.1 Å². The van der Waals surface area contributed by atoms with Gasteiger partial charge in [-0.3, -0.25) is 4.79 Å². The first-order chi connectivity index (χ1) is 13.7. The average molecular weight is 387 g/mol. The second kappa shape index (κ2) is 9.70. The third-order valence-electron chi connectivity index (χ3n) is 4.15. The van der Waals surface area contributed by atoms with E-state index >= 15 is 0 Å². The molecule has 0 bridgehead atoms. The van der Waals surface area contributed by atoms with E-state index in [1.807, 2.05) is 4.90 Å². The summed E-state index contributed by atoms with van der Waals surface area (Å²) in [5, 5.41) is 3.84. The Labute approximate surface area is 162 Å². The lowest BCUT2D eigenvalue weighted by Crippen LogP contribution is -2.36. The zero-order valence-corrected chi connectivity index (χ0v) is 15.6. The van der Waals surface area contributed by atoms with Crippen molar-refractivity contribution >= 4 is 17.8 Å². The lowest BCUT2D eigenvalue weighted by molar-refractivity contribution is -0.123. The average Bonchev–Trinajstić information content (AvgIpc) is 2.73. The highest BCUT2D eigenvalue weighted by atomic mass is 19.1. The minimum absolute atomic E-state index is 0.220. The summed E-state index contributed by atoms with van der Waals surface area (Å²) in [6, 6.07) is 11.9. The van der Waals surface area contributed by atoms with Crippen molar-refractivity contribution in [3.05, 3.63) is 53.8 Å². The lowest BCUT2D eigenvalue weighted by Gasteiger charge is -2.29. The van der Waals surface area contributed by atoms with Crippen LogP contribution in [0, 0.1) is 5.82 Å². The summed E-state index contributed by atoms with van der Waals surface area (Å²) in [4.78, 5) is 13.8. The van der Waals surface area contributed by atoms with Crippen LogP contribution >= 0.6 is 0 Å². The third kappa shape index (κ3) is 5.20. The predicted octanol–water partition coefficient (Wildman–Crippen LogP) is 2.20. The number of rotatable bonds is 7. The van der Waals surface area contributed by atoms with E-state index in [1.54, 1.807) is 36.4 Å². The van der Waals surface area contributed by atoms with Crippen molar-refractivity contribution in [1.82, 2.24) is 5.43 Å². The number of hydrazone groups is 1. The molecule has 7 nitrogen and oxygen atoms in total. The minimum Gasteiger partial charge on any atom is -0.493 e. The second-order valence-electron chi connectivity index (χ2n) is 6.04. The number of nitrogens with zero attached hydrogens (tertiary/aromatic N) is 2. The Hall–Kier alpha value is -3.13. The summed E-state index contributed by atoms with van der Waals surface area (Å²) < 4.78 is 30.2. The SMILES string of the molecule is COc1ccccc1OCC(=O)N/N=C/c1ccc(N2CCOCC2)c(F)c1. The van der Waals surface area contributed by atoms with Crippen LogP contribution in [0.3, 0.4) is 0 Å². The summed E-state index contributed by atoms with van der Waals surface area (Å²) >= 11 is 0. The van der Waals surface area contributed by atoms with Crippen molar-refractivity contribution in [2.75, 3.05) is 44.9 Å². The van der Waals surface area contributed by atoms with Gasteiger partial charge in [0.15, 0.2) is 18.1 Å². The molecule has 3 rings (SSSR count). The number of hydrogen-bond donors (Lipinski definition) is 1. The molecule has 28 heavy (non-hydrogen) atoms. The fourth-order valence-corrected chi connectivity index (χ4v) is 2.76. The van der Waals surface area contributed by atoms with Crippen LogP contribution in [0.15, 0.2) is 47.6 Å². The third-order valence-corrected chi connectivity index (χ3v) is 4.15. The number of carbonyl (C=O) groups excluding carboxylic acids is 1. The molecule has 0 unspecified atom stereocenters. The maximum Gasteiger partial charge on any atom is 0.277 e. The summed E-state index contributed by atoms with van der Waals surface area (Å²) in [6.07, 6.45) is 1.38. The van der Waals surface area contributed by atoms with Gasteiger partial charge >= 0.3 is 0 Å².